The summed E-state index contributed by atoms with van der Waals surface area (Å²) in [5, 5.41) is 8.33. The predicted octanol–water partition coefficient (Wildman–Crippen LogP) is 5.52. The van der Waals surface area contributed by atoms with Crippen molar-refractivity contribution in [2.24, 2.45) is 0 Å². The largest absolute Gasteiger partial charge is 0.242 e. The van der Waals surface area contributed by atoms with Crippen LogP contribution in [0.1, 0.15) is 19.8 Å². The van der Waals surface area contributed by atoms with E-state index >= 15 is 0 Å². The van der Waals surface area contributed by atoms with Gasteiger partial charge in [0.2, 0.25) is 6.71 Å². The average molecular weight is 332 g/mol. The lowest BCUT2D eigenvalue weighted by Crippen LogP contribution is -2.40. The monoisotopic (exact) mass is 332 g/mol. The standard InChI is InChI=1S/C25H21B/c1-3-5-10-17(4-2)26-22-15-8-13-20-18-11-6-7-12-19(18)21-14-9-16-23(26)25(21)24(20)22/h4,6-16H,2-3,5H2,1H3. The molecule has 0 unspecified atom stereocenters. The molecule has 0 fully saturated rings. The Bertz CT molecular complexity index is 1130. The van der Waals surface area contributed by atoms with Crippen LogP contribution in [0.3, 0.4) is 0 Å². The van der Waals surface area contributed by atoms with Crippen LogP contribution >= 0.6 is 0 Å². The summed E-state index contributed by atoms with van der Waals surface area (Å²) in [7, 11) is 0. The van der Waals surface area contributed by atoms with Crippen molar-refractivity contribution in [2.75, 3.05) is 0 Å². The van der Waals surface area contributed by atoms with Gasteiger partial charge < -0.3 is 0 Å². The van der Waals surface area contributed by atoms with E-state index in [1.807, 2.05) is 0 Å². The van der Waals surface area contributed by atoms with E-state index in [9.17, 15) is 0 Å². The Morgan fingerprint density at radius 2 is 1.35 bits per heavy atom. The molecular formula is C25H21B. The summed E-state index contributed by atoms with van der Waals surface area (Å²) < 4.78 is 0. The van der Waals surface area contributed by atoms with Crippen LogP contribution in [-0.4, -0.2) is 6.71 Å². The topological polar surface area (TPSA) is 0 Å². The zero-order valence-electron chi connectivity index (χ0n) is 15.1. The van der Waals surface area contributed by atoms with Gasteiger partial charge in [-0.2, -0.15) is 0 Å². The third-order valence-corrected chi connectivity index (χ3v) is 5.81. The van der Waals surface area contributed by atoms with Gasteiger partial charge in [0.05, 0.1) is 0 Å². The Morgan fingerprint density at radius 1 is 0.808 bits per heavy atom. The van der Waals surface area contributed by atoms with Crippen LogP contribution in [0.2, 0.25) is 0 Å². The first-order valence-corrected chi connectivity index (χ1v) is 9.53. The van der Waals surface area contributed by atoms with E-state index in [4.69, 9.17) is 0 Å². The second-order valence-electron chi connectivity index (χ2n) is 7.22. The van der Waals surface area contributed by atoms with E-state index in [2.05, 4.69) is 86.3 Å². The molecule has 4 aromatic carbocycles. The van der Waals surface area contributed by atoms with Gasteiger partial charge in [0.1, 0.15) is 0 Å². The molecule has 1 aliphatic heterocycles. The molecule has 0 nitrogen and oxygen atoms in total. The van der Waals surface area contributed by atoms with Crippen LogP contribution in [0, 0.1) is 0 Å². The summed E-state index contributed by atoms with van der Waals surface area (Å²) >= 11 is 0. The van der Waals surface area contributed by atoms with Crippen molar-refractivity contribution < 1.29 is 0 Å². The molecule has 0 bridgehead atoms. The fourth-order valence-electron chi connectivity index (χ4n) is 4.74. The first-order chi connectivity index (χ1) is 12.8. The maximum absolute atomic E-state index is 4.14. The Labute approximate surface area is 154 Å². The molecule has 0 radical (unpaired) electrons. The number of fused-ring (bicyclic) bond motifs is 3. The number of hydrogen-bond donors (Lipinski definition) is 0. The third-order valence-electron chi connectivity index (χ3n) is 5.81. The van der Waals surface area contributed by atoms with Crippen molar-refractivity contribution in [2.45, 2.75) is 19.8 Å². The quantitative estimate of drug-likeness (QED) is 0.262. The summed E-state index contributed by atoms with van der Waals surface area (Å²) in [4.78, 5) is 0. The highest BCUT2D eigenvalue weighted by Crippen LogP contribution is 2.36. The van der Waals surface area contributed by atoms with Gasteiger partial charge in [0, 0.05) is 0 Å². The summed E-state index contributed by atoms with van der Waals surface area (Å²) in [6.07, 6.45) is 6.70. The molecule has 0 atom stereocenters. The summed E-state index contributed by atoms with van der Waals surface area (Å²) in [5.74, 6) is 0. The number of allylic oxidation sites excluding steroid dienone is 3. The molecule has 1 aliphatic rings. The maximum atomic E-state index is 4.14. The Hall–Kier alpha value is -2.80. The zero-order chi connectivity index (χ0) is 17.7. The maximum Gasteiger partial charge on any atom is 0.242 e. The van der Waals surface area contributed by atoms with Crippen LogP contribution in [0.25, 0.3) is 32.3 Å². The average Bonchev–Trinajstić information content (AvgIpc) is 3.04. The number of hydrogen-bond acceptors (Lipinski definition) is 0. The van der Waals surface area contributed by atoms with Crippen LogP contribution in [-0.2, 0) is 0 Å². The van der Waals surface area contributed by atoms with Gasteiger partial charge in [-0.25, -0.2) is 0 Å². The van der Waals surface area contributed by atoms with E-state index < -0.39 is 0 Å². The van der Waals surface area contributed by atoms with E-state index in [1.54, 1.807) is 0 Å². The number of rotatable bonds is 4. The van der Waals surface area contributed by atoms with Gasteiger partial charge in [-0.05, 0) is 38.7 Å². The number of benzene rings is 4. The molecule has 124 valence electrons. The van der Waals surface area contributed by atoms with E-state index in [1.165, 1.54) is 48.7 Å². The van der Waals surface area contributed by atoms with Gasteiger partial charge in [-0.1, -0.05) is 109 Å². The van der Waals surface area contributed by atoms with Gasteiger partial charge in [-0.15, -0.1) is 0 Å². The van der Waals surface area contributed by atoms with Crippen LogP contribution < -0.4 is 10.9 Å². The van der Waals surface area contributed by atoms with Crippen molar-refractivity contribution in [3.63, 3.8) is 0 Å². The Balaban J connectivity index is 1.97. The molecule has 1 heterocycles. The Morgan fingerprint density at radius 3 is 1.85 bits per heavy atom. The molecule has 0 aliphatic carbocycles. The SMILES string of the molecule is C=CC(=CCCC)B1c2cccc3c4ccccc4c4cccc1c4c23. The lowest BCUT2D eigenvalue weighted by Gasteiger charge is -2.12. The predicted molar refractivity (Wildman–Crippen MR) is 117 cm³/mol. The molecule has 0 spiro atoms. The van der Waals surface area contributed by atoms with Gasteiger partial charge >= 0.3 is 0 Å². The van der Waals surface area contributed by atoms with Gasteiger partial charge in [-0.3, -0.25) is 0 Å². The molecule has 0 saturated heterocycles. The lowest BCUT2D eigenvalue weighted by atomic mass is 9.38. The summed E-state index contributed by atoms with van der Waals surface area (Å²) in [5.41, 5.74) is 4.20. The molecule has 0 amide bonds. The fourth-order valence-corrected chi connectivity index (χ4v) is 4.74. The van der Waals surface area contributed by atoms with E-state index in [-0.39, 0.29) is 0 Å². The summed E-state index contributed by atoms with van der Waals surface area (Å²) in [6, 6.07) is 22.4. The molecule has 1 heteroatoms. The normalized spacial score (nSPS) is 13.4. The van der Waals surface area contributed by atoms with E-state index in [0.29, 0.717) is 6.71 Å². The number of unbranched alkanes of at least 4 members (excludes halogenated alkanes) is 1. The summed E-state index contributed by atoms with van der Waals surface area (Å²) in [6.45, 7) is 6.67. The van der Waals surface area contributed by atoms with Crippen molar-refractivity contribution in [1.82, 2.24) is 0 Å². The second kappa shape index (κ2) is 5.88. The van der Waals surface area contributed by atoms with Crippen LogP contribution in [0.4, 0.5) is 0 Å². The van der Waals surface area contributed by atoms with Crippen molar-refractivity contribution in [3.05, 3.63) is 84.9 Å². The molecule has 5 rings (SSSR count). The molecule has 0 aromatic heterocycles. The van der Waals surface area contributed by atoms with Crippen LogP contribution in [0.15, 0.2) is 84.9 Å². The van der Waals surface area contributed by atoms with Crippen molar-refractivity contribution >= 4 is 50.0 Å². The molecule has 0 saturated carbocycles. The highest BCUT2D eigenvalue weighted by molar-refractivity contribution is 6.97. The van der Waals surface area contributed by atoms with Gasteiger partial charge in [0.15, 0.2) is 0 Å². The first-order valence-electron chi connectivity index (χ1n) is 9.53. The third kappa shape index (κ3) is 1.98. The van der Waals surface area contributed by atoms with Crippen molar-refractivity contribution in [3.8, 4) is 0 Å². The fraction of sp³-hybridized carbons (Fsp3) is 0.120. The zero-order valence-corrected chi connectivity index (χ0v) is 15.1. The highest BCUT2D eigenvalue weighted by atomic mass is 14.2. The minimum Gasteiger partial charge on any atom is -0.0996 e. The van der Waals surface area contributed by atoms with Crippen LogP contribution in [0.5, 0.6) is 0 Å². The molecule has 0 N–H and O–H groups in total. The molecule has 4 aromatic rings. The minimum absolute atomic E-state index is 0.304. The Kier molecular flexibility index (Phi) is 3.50. The second-order valence-corrected chi connectivity index (χ2v) is 7.22. The van der Waals surface area contributed by atoms with E-state index in [0.717, 1.165) is 12.8 Å². The molecule has 26 heavy (non-hydrogen) atoms. The van der Waals surface area contributed by atoms with Crippen molar-refractivity contribution in [1.29, 1.82) is 0 Å². The molecular weight excluding hydrogens is 311 g/mol. The highest BCUT2D eigenvalue weighted by Gasteiger charge is 2.32. The smallest absolute Gasteiger partial charge is 0.0996 e. The minimum atomic E-state index is 0.304. The first kappa shape index (κ1) is 15.5. The van der Waals surface area contributed by atoms with Gasteiger partial charge in [0.25, 0.3) is 0 Å². The lowest BCUT2D eigenvalue weighted by molar-refractivity contribution is 0.957.